The third-order valence-corrected chi connectivity index (χ3v) is 3.31. The molecule has 0 radical (unpaired) electrons. The maximum Gasteiger partial charge on any atom is 0.258 e. The summed E-state index contributed by atoms with van der Waals surface area (Å²) in [5.74, 6) is 0.282. The van der Waals surface area contributed by atoms with E-state index in [9.17, 15) is 4.79 Å². The van der Waals surface area contributed by atoms with Gasteiger partial charge in [0.15, 0.2) is 5.82 Å². The lowest BCUT2D eigenvalue weighted by Gasteiger charge is -2.06. The minimum Gasteiger partial charge on any atom is -0.392 e. The molecule has 0 fully saturated rings. The zero-order chi connectivity index (χ0) is 16.1. The summed E-state index contributed by atoms with van der Waals surface area (Å²) in [6.07, 6.45) is 3.00. The number of hydrogen-bond acceptors (Lipinski definition) is 4. The van der Waals surface area contributed by atoms with Crippen LogP contribution in [-0.2, 0) is 6.61 Å². The van der Waals surface area contributed by atoms with Gasteiger partial charge < -0.3 is 10.4 Å². The maximum absolute atomic E-state index is 12.2. The first kappa shape index (κ1) is 14.9. The van der Waals surface area contributed by atoms with Crippen molar-refractivity contribution in [3.63, 3.8) is 0 Å². The van der Waals surface area contributed by atoms with Crippen molar-refractivity contribution in [2.24, 2.45) is 0 Å². The molecule has 1 amide bonds. The van der Waals surface area contributed by atoms with Crippen LogP contribution in [0.3, 0.4) is 0 Å². The fourth-order valence-electron chi connectivity index (χ4n) is 2.13. The second-order valence-electron chi connectivity index (χ2n) is 4.97. The monoisotopic (exact) mass is 305 g/mol. The molecule has 3 rings (SSSR count). The average molecular weight is 305 g/mol. The fraction of sp³-hybridized carbons (Fsp3) is 0.0556. The minimum atomic E-state index is -0.292. The lowest BCUT2D eigenvalue weighted by molar-refractivity contribution is 0.102. The second-order valence-corrected chi connectivity index (χ2v) is 4.97. The number of benzene rings is 2. The highest BCUT2D eigenvalue weighted by atomic mass is 16.3. The number of amides is 1. The highest BCUT2D eigenvalue weighted by Gasteiger charge is 2.08. The van der Waals surface area contributed by atoms with Crippen molar-refractivity contribution in [2.45, 2.75) is 6.61 Å². The second kappa shape index (κ2) is 6.81. The van der Waals surface area contributed by atoms with Gasteiger partial charge in [-0.05, 0) is 17.7 Å². The number of nitrogens with one attached hydrogen (secondary N) is 1. The number of carbonyl (C=O) groups is 1. The third kappa shape index (κ3) is 3.59. The Morgan fingerprint density at radius 3 is 2.43 bits per heavy atom. The van der Waals surface area contributed by atoms with E-state index in [0.29, 0.717) is 17.1 Å². The topological polar surface area (TPSA) is 75.1 Å². The van der Waals surface area contributed by atoms with Gasteiger partial charge in [-0.1, -0.05) is 42.5 Å². The van der Waals surface area contributed by atoms with Crippen molar-refractivity contribution in [1.29, 1.82) is 0 Å². The number of anilines is 1. The van der Waals surface area contributed by atoms with E-state index in [0.717, 1.165) is 11.1 Å². The third-order valence-electron chi connectivity index (χ3n) is 3.31. The van der Waals surface area contributed by atoms with Crippen LogP contribution in [0.15, 0.2) is 67.0 Å². The number of hydrogen-bond donors (Lipinski definition) is 2. The van der Waals surface area contributed by atoms with Crippen LogP contribution in [0.4, 0.5) is 5.69 Å². The zero-order valence-corrected chi connectivity index (χ0v) is 12.3. The molecule has 1 heterocycles. The van der Waals surface area contributed by atoms with Gasteiger partial charge in [-0.15, -0.1) is 0 Å². The van der Waals surface area contributed by atoms with Gasteiger partial charge >= 0.3 is 0 Å². The molecule has 0 atom stereocenters. The fourth-order valence-corrected chi connectivity index (χ4v) is 2.13. The summed E-state index contributed by atoms with van der Waals surface area (Å²) in [6, 6.07) is 16.6. The first-order valence-electron chi connectivity index (χ1n) is 7.15. The van der Waals surface area contributed by atoms with Gasteiger partial charge in [-0.3, -0.25) is 4.79 Å². The largest absolute Gasteiger partial charge is 0.392 e. The number of aliphatic hydroxyl groups excluding tert-OH is 1. The molecule has 0 saturated heterocycles. The van der Waals surface area contributed by atoms with E-state index in [1.165, 1.54) is 12.4 Å². The number of nitrogens with zero attached hydrogens (tertiary/aromatic N) is 2. The van der Waals surface area contributed by atoms with Gasteiger partial charge in [-0.2, -0.15) is 0 Å². The minimum absolute atomic E-state index is 0.0708. The van der Waals surface area contributed by atoms with Crippen LogP contribution >= 0.6 is 0 Å². The number of carbonyl (C=O) groups excluding carboxylic acids is 1. The first-order valence-corrected chi connectivity index (χ1v) is 7.15. The predicted molar refractivity (Wildman–Crippen MR) is 87.8 cm³/mol. The molecular formula is C18H15N3O2. The number of rotatable bonds is 4. The molecule has 0 aliphatic heterocycles. The van der Waals surface area contributed by atoms with Crippen LogP contribution < -0.4 is 5.32 Å². The van der Waals surface area contributed by atoms with Crippen molar-refractivity contribution in [3.05, 3.63) is 78.1 Å². The first-order chi connectivity index (χ1) is 11.3. The van der Waals surface area contributed by atoms with Gasteiger partial charge in [-0.25, -0.2) is 9.97 Å². The Morgan fingerprint density at radius 1 is 1.00 bits per heavy atom. The summed E-state index contributed by atoms with van der Waals surface area (Å²) in [4.78, 5) is 20.7. The summed E-state index contributed by atoms with van der Waals surface area (Å²) in [5, 5.41) is 11.9. The van der Waals surface area contributed by atoms with E-state index < -0.39 is 0 Å². The highest BCUT2D eigenvalue weighted by molar-refractivity contribution is 6.03. The van der Waals surface area contributed by atoms with Gasteiger partial charge in [0.05, 0.1) is 12.2 Å². The molecule has 0 spiro atoms. The SMILES string of the molecule is O=C(Nc1cccc(CO)c1)c1cnc(-c2ccccc2)nc1. The maximum atomic E-state index is 12.2. The Morgan fingerprint density at radius 2 is 1.74 bits per heavy atom. The summed E-state index contributed by atoms with van der Waals surface area (Å²) < 4.78 is 0. The molecule has 0 aliphatic carbocycles. The molecule has 0 bridgehead atoms. The molecular weight excluding hydrogens is 290 g/mol. The summed E-state index contributed by atoms with van der Waals surface area (Å²) in [7, 11) is 0. The smallest absolute Gasteiger partial charge is 0.258 e. The van der Waals surface area contributed by atoms with Crippen LogP contribution in [0.25, 0.3) is 11.4 Å². The molecule has 0 unspecified atom stereocenters. The number of aromatic nitrogens is 2. The van der Waals surface area contributed by atoms with Gasteiger partial charge in [0.1, 0.15) is 0 Å². The predicted octanol–water partition coefficient (Wildman–Crippen LogP) is 2.89. The van der Waals surface area contributed by atoms with Crippen molar-refractivity contribution < 1.29 is 9.90 Å². The molecule has 5 nitrogen and oxygen atoms in total. The molecule has 2 N–H and O–H groups in total. The number of aliphatic hydroxyl groups is 1. The molecule has 114 valence electrons. The van der Waals surface area contributed by atoms with E-state index in [-0.39, 0.29) is 12.5 Å². The quantitative estimate of drug-likeness (QED) is 0.777. The Kier molecular flexibility index (Phi) is 4.40. The Labute approximate surface area is 133 Å². The molecule has 3 aromatic rings. The highest BCUT2D eigenvalue weighted by Crippen LogP contribution is 2.15. The zero-order valence-electron chi connectivity index (χ0n) is 12.3. The summed E-state index contributed by atoms with van der Waals surface area (Å²) in [5.41, 5.74) is 2.63. The van der Waals surface area contributed by atoms with Gasteiger partial charge in [0.25, 0.3) is 5.91 Å². The van der Waals surface area contributed by atoms with Gasteiger partial charge in [0, 0.05) is 23.6 Å². The normalized spacial score (nSPS) is 10.3. The van der Waals surface area contributed by atoms with Crippen molar-refractivity contribution in [3.8, 4) is 11.4 Å². The van der Waals surface area contributed by atoms with Crippen LogP contribution in [-0.4, -0.2) is 21.0 Å². The van der Waals surface area contributed by atoms with E-state index in [4.69, 9.17) is 5.11 Å². The van der Waals surface area contributed by atoms with Crippen LogP contribution in [0.1, 0.15) is 15.9 Å². The summed E-state index contributed by atoms with van der Waals surface area (Å²) in [6.45, 7) is -0.0708. The molecule has 5 heteroatoms. The molecule has 0 aliphatic rings. The molecule has 23 heavy (non-hydrogen) atoms. The Hall–Kier alpha value is -3.05. The molecule has 2 aromatic carbocycles. The van der Waals surface area contributed by atoms with Crippen LogP contribution in [0.2, 0.25) is 0 Å². The van der Waals surface area contributed by atoms with Crippen LogP contribution in [0, 0.1) is 0 Å². The summed E-state index contributed by atoms with van der Waals surface area (Å²) >= 11 is 0. The lowest BCUT2D eigenvalue weighted by Crippen LogP contribution is -2.13. The average Bonchev–Trinajstić information content (AvgIpc) is 2.63. The van der Waals surface area contributed by atoms with E-state index in [1.54, 1.807) is 24.3 Å². The molecule has 0 saturated carbocycles. The lowest BCUT2D eigenvalue weighted by atomic mass is 10.2. The Balaban J connectivity index is 1.75. The standard InChI is InChI=1S/C18H15N3O2/c22-12-13-5-4-8-16(9-13)21-18(23)15-10-19-17(20-11-15)14-6-2-1-3-7-14/h1-11,22H,12H2,(H,21,23). The van der Waals surface area contributed by atoms with E-state index in [1.807, 2.05) is 30.3 Å². The molecule has 1 aromatic heterocycles. The van der Waals surface area contributed by atoms with E-state index >= 15 is 0 Å². The van der Waals surface area contributed by atoms with Crippen LogP contribution in [0.5, 0.6) is 0 Å². The van der Waals surface area contributed by atoms with Crippen molar-refractivity contribution in [1.82, 2.24) is 9.97 Å². The van der Waals surface area contributed by atoms with Crippen molar-refractivity contribution >= 4 is 11.6 Å². The Bertz CT molecular complexity index is 802. The van der Waals surface area contributed by atoms with Crippen molar-refractivity contribution in [2.75, 3.05) is 5.32 Å². The van der Waals surface area contributed by atoms with Gasteiger partial charge in [0.2, 0.25) is 0 Å². The van der Waals surface area contributed by atoms with E-state index in [2.05, 4.69) is 15.3 Å².